The number of rotatable bonds is 8. The van der Waals surface area contributed by atoms with Gasteiger partial charge in [0.1, 0.15) is 5.75 Å². The number of nitrogens with zero attached hydrogens (tertiary/aromatic N) is 1. The lowest BCUT2D eigenvalue weighted by atomic mass is 10.1. The molecule has 6 nitrogen and oxygen atoms in total. The number of benzene rings is 2. The molecule has 0 saturated heterocycles. The van der Waals surface area contributed by atoms with Gasteiger partial charge in [0.25, 0.3) is 5.91 Å². The summed E-state index contributed by atoms with van der Waals surface area (Å²) in [6, 6.07) is 13.8. The number of amides is 1. The molecule has 2 rings (SSSR count). The molecule has 0 aliphatic heterocycles. The molecular weight excluding hydrogens is 352 g/mol. The molecule has 0 fully saturated rings. The summed E-state index contributed by atoms with van der Waals surface area (Å²) in [5.41, 5.74) is 4.08. The fraction of sp³-hybridized carbons (Fsp3) is 0.364. The van der Waals surface area contributed by atoms with Crippen LogP contribution < -0.4 is 20.7 Å². The second-order valence-electron chi connectivity index (χ2n) is 6.61. The Hall–Kier alpha value is -3.02. The van der Waals surface area contributed by atoms with Gasteiger partial charge in [-0.3, -0.25) is 9.79 Å². The van der Waals surface area contributed by atoms with E-state index in [1.807, 2.05) is 38.1 Å². The number of aryl methyl sites for hydroxylation is 2. The Kier molecular flexibility index (Phi) is 8.34. The molecule has 0 bridgehead atoms. The topological polar surface area (TPSA) is 74.8 Å². The summed E-state index contributed by atoms with van der Waals surface area (Å²) in [6.45, 7) is 5.87. The number of aliphatic imine (C=N–C) groups is 1. The number of guanidine groups is 1. The van der Waals surface area contributed by atoms with E-state index in [0.29, 0.717) is 24.6 Å². The van der Waals surface area contributed by atoms with Crippen LogP contribution in [0.15, 0.2) is 47.5 Å². The Morgan fingerprint density at radius 3 is 2.46 bits per heavy atom. The molecule has 150 valence electrons. The van der Waals surface area contributed by atoms with Crippen LogP contribution in [0, 0.1) is 13.8 Å². The number of carbonyl (C=O) groups excluding carboxylic acids is 1. The van der Waals surface area contributed by atoms with Crippen LogP contribution in [0.5, 0.6) is 5.75 Å². The van der Waals surface area contributed by atoms with Crippen LogP contribution in [-0.2, 0) is 6.42 Å². The van der Waals surface area contributed by atoms with Crippen LogP contribution >= 0.6 is 0 Å². The maximum absolute atomic E-state index is 12.1. The zero-order valence-electron chi connectivity index (χ0n) is 17.1. The van der Waals surface area contributed by atoms with E-state index in [0.717, 1.165) is 29.8 Å². The summed E-state index contributed by atoms with van der Waals surface area (Å²) in [7, 11) is 3.42. The molecule has 0 aliphatic carbocycles. The molecule has 0 aliphatic rings. The highest BCUT2D eigenvalue weighted by Gasteiger charge is 2.05. The number of methoxy groups -OCH3 is 1. The molecule has 0 saturated carbocycles. The standard InChI is InChI=1S/C22H30N4O2/c1-16-6-5-7-19(14-16)21(27)24-12-13-26-22(23-3)25-11-10-18-9-8-17(2)20(15-18)28-4/h5-9,14-15H,10-13H2,1-4H3,(H,24,27)(H2,23,25,26). The Labute approximate surface area is 167 Å². The van der Waals surface area contributed by atoms with Crippen LogP contribution in [0.2, 0.25) is 0 Å². The first-order chi connectivity index (χ1) is 13.5. The third-order valence-corrected chi connectivity index (χ3v) is 4.39. The first-order valence-corrected chi connectivity index (χ1v) is 9.46. The van der Waals surface area contributed by atoms with Crippen molar-refractivity contribution in [1.29, 1.82) is 0 Å². The summed E-state index contributed by atoms with van der Waals surface area (Å²) >= 11 is 0. The molecule has 0 spiro atoms. The number of hydrogen-bond acceptors (Lipinski definition) is 3. The SMILES string of the molecule is CN=C(NCCNC(=O)c1cccc(C)c1)NCCc1ccc(C)c(OC)c1. The molecule has 0 unspecified atom stereocenters. The molecule has 3 N–H and O–H groups in total. The average molecular weight is 383 g/mol. The Morgan fingerprint density at radius 2 is 1.75 bits per heavy atom. The van der Waals surface area contributed by atoms with E-state index in [4.69, 9.17) is 4.74 Å². The third kappa shape index (κ3) is 6.61. The van der Waals surface area contributed by atoms with Gasteiger partial charge in [-0.05, 0) is 49.6 Å². The van der Waals surface area contributed by atoms with Crippen molar-refractivity contribution < 1.29 is 9.53 Å². The fourth-order valence-electron chi connectivity index (χ4n) is 2.81. The zero-order valence-corrected chi connectivity index (χ0v) is 17.1. The van der Waals surface area contributed by atoms with Gasteiger partial charge in [-0.25, -0.2) is 0 Å². The van der Waals surface area contributed by atoms with E-state index in [9.17, 15) is 4.79 Å². The van der Waals surface area contributed by atoms with E-state index in [2.05, 4.69) is 39.1 Å². The molecule has 2 aromatic carbocycles. The van der Waals surface area contributed by atoms with Gasteiger partial charge < -0.3 is 20.7 Å². The van der Waals surface area contributed by atoms with Crippen molar-refractivity contribution in [2.24, 2.45) is 4.99 Å². The summed E-state index contributed by atoms with van der Waals surface area (Å²) in [6.07, 6.45) is 0.863. The molecule has 0 heterocycles. The lowest BCUT2D eigenvalue weighted by molar-refractivity contribution is 0.0954. The third-order valence-electron chi connectivity index (χ3n) is 4.39. The molecule has 1 amide bonds. The normalized spacial score (nSPS) is 11.1. The van der Waals surface area contributed by atoms with Crippen molar-refractivity contribution in [2.45, 2.75) is 20.3 Å². The van der Waals surface area contributed by atoms with Crippen LogP contribution in [0.25, 0.3) is 0 Å². The predicted octanol–water partition coefficient (Wildman–Crippen LogP) is 2.45. The van der Waals surface area contributed by atoms with Crippen molar-refractivity contribution in [2.75, 3.05) is 33.8 Å². The molecular formula is C22H30N4O2. The lowest BCUT2D eigenvalue weighted by Gasteiger charge is -2.13. The Bertz CT molecular complexity index is 818. The molecule has 0 atom stereocenters. The quantitative estimate of drug-likeness (QED) is 0.372. The maximum atomic E-state index is 12.1. The summed E-state index contributed by atoms with van der Waals surface area (Å²) < 4.78 is 5.37. The van der Waals surface area contributed by atoms with Crippen LogP contribution in [0.4, 0.5) is 0 Å². The highest BCUT2D eigenvalue weighted by atomic mass is 16.5. The van der Waals surface area contributed by atoms with Gasteiger partial charge in [0.05, 0.1) is 7.11 Å². The van der Waals surface area contributed by atoms with Gasteiger partial charge in [0, 0.05) is 32.2 Å². The van der Waals surface area contributed by atoms with Crippen LogP contribution in [0.1, 0.15) is 27.0 Å². The summed E-state index contributed by atoms with van der Waals surface area (Å²) in [5.74, 6) is 1.55. The molecule has 0 aromatic heterocycles. The van der Waals surface area contributed by atoms with Gasteiger partial charge >= 0.3 is 0 Å². The van der Waals surface area contributed by atoms with Crippen molar-refractivity contribution in [3.05, 3.63) is 64.7 Å². The zero-order chi connectivity index (χ0) is 20.4. The highest BCUT2D eigenvalue weighted by Crippen LogP contribution is 2.18. The van der Waals surface area contributed by atoms with Gasteiger partial charge in [-0.15, -0.1) is 0 Å². The van der Waals surface area contributed by atoms with E-state index in [-0.39, 0.29) is 5.91 Å². The van der Waals surface area contributed by atoms with E-state index in [1.54, 1.807) is 14.2 Å². The highest BCUT2D eigenvalue weighted by molar-refractivity contribution is 5.94. The van der Waals surface area contributed by atoms with Crippen molar-refractivity contribution in [3.63, 3.8) is 0 Å². The van der Waals surface area contributed by atoms with Gasteiger partial charge in [0.2, 0.25) is 0 Å². The first kappa shape index (κ1) is 21.3. The Balaban J connectivity index is 1.69. The van der Waals surface area contributed by atoms with Crippen molar-refractivity contribution >= 4 is 11.9 Å². The lowest BCUT2D eigenvalue weighted by Crippen LogP contribution is -2.42. The molecule has 6 heteroatoms. The number of carbonyl (C=O) groups is 1. The average Bonchev–Trinajstić information content (AvgIpc) is 2.70. The van der Waals surface area contributed by atoms with Crippen molar-refractivity contribution in [3.8, 4) is 5.75 Å². The van der Waals surface area contributed by atoms with Gasteiger partial charge in [0.15, 0.2) is 5.96 Å². The van der Waals surface area contributed by atoms with Crippen molar-refractivity contribution in [1.82, 2.24) is 16.0 Å². The minimum Gasteiger partial charge on any atom is -0.496 e. The van der Waals surface area contributed by atoms with Crippen LogP contribution in [-0.4, -0.2) is 45.7 Å². The molecule has 2 aromatic rings. The Morgan fingerprint density at radius 1 is 1.00 bits per heavy atom. The monoisotopic (exact) mass is 382 g/mol. The smallest absolute Gasteiger partial charge is 0.251 e. The fourth-order valence-corrected chi connectivity index (χ4v) is 2.81. The first-order valence-electron chi connectivity index (χ1n) is 9.46. The number of ether oxygens (including phenoxy) is 1. The molecule has 28 heavy (non-hydrogen) atoms. The van der Waals surface area contributed by atoms with Crippen LogP contribution in [0.3, 0.4) is 0 Å². The minimum atomic E-state index is -0.0678. The summed E-state index contributed by atoms with van der Waals surface area (Å²) in [5, 5.41) is 9.40. The van der Waals surface area contributed by atoms with Gasteiger partial charge in [-0.2, -0.15) is 0 Å². The van der Waals surface area contributed by atoms with Gasteiger partial charge in [-0.1, -0.05) is 29.8 Å². The predicted molar refractivity (Wildman–Crippen MR) is 114 cm³/mol. The molecule has 0 radical (unpaired) electrons. The number of hydrogen-bond donors (Lipinski definition) is 3. The minimum absolute atomic E-state index is 0.0678. The largest absolute Gasteiger partial charge is 0.496 e. The van der Waals surface area contributed by atoms with E-state index in [1.165, 1.54) is 5.56 Å². The van der Waals surface area contributed by atoms with E-state index >= 15 is 0 Å². The maximum Gasteiger partial charge on any atom is 0.251 e. The summed E-state index contributed by atoms with van der Waals surface area (Å²) in [4.78, 5) is 16.3. The van der Waals surface area contributed by atoms with E-state index < -0.39 is 0 Å². The number of nitrogens with one attached hydrogen (secondary N) is 3. The second kappa shape index (κ2) is 11.0. The second-order valence-corrected chi connectivity index (χ2v) is 6.61.